The first-order chi connectivity index (χ1) is 8.12. The summed E-state index contributed by atoms with van der Waals surface area (Å²) in [6, 6.07) is 0. The zero-order valence-corrected chi connectivity index (χ0v) is 13.8. The maximum Gasteiger partial charge on any atom is 0.265 e. The fourth-order valence-electron chi connectivity index (χ4n) is 1.29. The van der Waals surface area contributed by atoms with Gasteiger partial charge < -0.3 is 5.32 Å². The standard InChI is InChI=1S/C10H15Br2N3OS/c1-3-7-8(17-15-14-7)9(16)13-10(4-2,5-11)6-12/h3-6H2,1-2H3,(H,13,16). The second kappa shape index (κ2) is 6.80. The molecule has 1 N–H and O–H groups in total. The molecule has 0 unspecified atom stereocenters. The lowest BCUT2D eigenvalue weighted by atomic mass is 10.0. The molecule has 0 aromatic carbocycles. The molecule has 1 aromatic heterocycles. The molecular weight excluding hydrogens is 370 g/mol. The second-order valence-electron chi connectivity index (χ2n) is 3.76. The highest BCUT2D eigenvalue weighted by Crippen LogP contribution is 2.19. The monoisotopic (exact) mass is 383 g/mol. The third kappa shape index (κ3) is 3.48. The van der Waals surface area contributed by atoms with Crippen molar-refractivity contribution in [3.05, 3.63) is 10.6 Å². The summed E-state index contributed by atoms with van der Waals surface area (Å²) < 4.78 is 3.83. The summed E-state index contributed by atoms with van der Waals surface area (Å²) in [4.78, 5) is 12.8. The molecule has 0 aliphatic carbocycles. The van der Waals surface area contributed by atoms with E-state index in [9.17, 15) is 4.79 Å². The largest absolute Gasteiger partial charge is 0.344 e. The quantitative estimate of drug-likeness (QED) is 0.767. The maximum atomic E-state index is 12.2. The van der Waals surface area contributed by atoms with Crippen LogP contribution in [0.3, 0.4) is 0 Å². The number of halogens is 2. The van der Waals surface area contributed by atoms with Gasteiger partial charge in [-0.05, 0) is 24.4 Å². The first-order valence-electron chi connectivity index (χ1n) is 5.38. The van der Waals surface area contributed by atoms with E-state index < -0.39 is 0 Å². The van der Waals surface area contributed by atoms with Gasteiger partial charge in [-0.1, -0.05) is 50.2 Å². The normalized spacial score (nSPS) is 11.5. The van der Waals surface area contributed by atoms with Crippen molar-refractivity contribution in [2.24, 2.45) is 0 Å². The minimum absolute atomic E-state index is 0.0856. The van der Waals surface area contributed by atoms with Gasteiger partial charge in [-0.25, -0.2) is 0 Å². The minimum Gasteiger partial charge on any atom is -0.344 e. The van der Waals surface area contributed by atoms with Crippen LogP contribution in [0.5, 0.6) is 0 Å². The van der Waals surface area contributed by atoms with Crippen LogP contribution in [-0.2, 0) is 6.42 Å². The van der Waals surface area contributed by atoms with Crippen LogP contribution >= 0.6 is 43.4 Å². The van der Waals surface area contributed by atoms with E-state index in [1.165, 1.54) is 0 Å². The average molecular weight is 385 g/mol. The molecule has 96 valence electrons. The topological polar surface area (TPSA) is 54.9 Å². The predicted octanol–water partition coefficient (Wildman–Crippen LogP) is 2.77. The van der Waals surface area contributed by atoms with Crippen molar-refractivity contribution in [3.63, 3.8) is 0 Å². The molecule has 0 saturated carbocycles. The third-order valence-corrected chi connectivity index (χ3v) is 5.58. The molecule has 1 aromatic rings. The van der Waals surface area contributed by atoms with Crippen LogP contribution in [-0.4, -0.2) is 31.7 Å². The number of alkyl halides is 2. The molecule has 0 radical (unpaired) electrons. The number of carbonyl (C=O) groups is 1. The van der Waals surface area contributed by atoms with Crippen LogP contribution in [0, 0.1) is 0 Å². The third-order valence-electron chi connectivity index (χ3n) is 2.66. The smallest absolute Gasteiger partial charge is 0.265 e. The van der Waals surface area contributed by atoms with Crippen molar-refractivity contribution in [1.29, 1.82) is 0 Å². The molecule has 0 bridgehead atoms. The van der Waals surface area contributed by atoms with Crippen LogP contribution in [0.2, 0.25) is 0 Å². The molecule has 4 nitrogen and oxygen atoms in total. The Bertz CT molecular complexity index is 371. The van der Waals surface area contributed by atoms with Gasteiger partial charge in [0.1, 0.15) is 4.88 Å². The molecule has 17 heavy (non-hydrogen) atoms. The van der Waals surface area contributed by atoms with Crippen LogP contribution in [0.1, 0.15) is 35.6 Å². The van der Waals surface area contributed by atoms with Gasteiger partial charge in [0.25, 0.3) is 5.91 Å². The van der Waals surface area contributed by atoms with Gasteiger partial charge in [-0.2, -0.15) is 0 Å². The fraction of sp³-hybridized carbons (Fsp3) is 0.700. The first kappa shape index (κ1) is 15.0. The maximum absolute atomic E-state index is 12.2. The van der Waals surface area contributed by atoms with Gasteiger partial charge in [0.15, 0.2) is 0 Å². The van der Waals surface area contributed by atoms with Crippen molar-refractivity contribution in [1.82, 2.24) is 14.9 Å². The number of hydrogen-bond donors (Lipinski definition) is 1. The van der Waals surface area contributed by atoms with E-state index >= 15 is 0 Å². The van der Waals surface area contributed by atoms with Crippen molar-refractivity contribution in [2.75, 3.05) is 10.7 Å². The number of amides is 1. The fourth-order valence-corrected chi connectivity index (χ4v) is 3.94. The van der Waals surface area contributed by atoms with Crippen molar-refractivity contribution in [2.45, 2.75) is 32.2 Å². The van der Waals surface area contributed by atoms with E-state index in [1.807, 2.05) is 6.92 Å². The molecule has 0 fully saturated rings. The summed E-state index contributed by atoms with van der Waals surface area (Å²) in [5.74, 6) is -0.0856. The van der Waals surface area contributed by atoms with Crippen molar-refractivity contribution in [3.8, 4) is 0 Å². The van der Waals surface area contributed by atoms with Crippen LogP contribution < -0.4 is 5.32 Å². The van der Waals surface area contributed by atoms with Gasteiger partial charge in [0.05, 0.1) is 11.2 Å². The second-order valence-corrected chi connectivity index (χ2v) is 5.63. The number of nitrogens with one attached hydrogen (secondary N) is 1. The summed E-state index contributed by atoms with van der Waals surface area (Å²) in [6.45, 7) is 4.02. The summed E-state index contributed by atoms with van der Waals surface area (Å²) >= 11 is 8.05. The van der Waals surface area contributed by atoms with Crippen molar-refractivity contribution < 1.29 is 4.79 Å². The molecule has 0 saturated heterocycles. The number of nitrogens with zero attached hydrogens (tertiary/aromatic N) is 2. The zero-order valence-electron chi connectivity index (χ0n) is 9.80. The number of carbonyl (C=O) groups excluding carboxylic acids is 1. The number of hydrogen-bond acceptors (Lipinski definition) is 4. The van der Waals surface area contributed by atoms with Gasteiger partial charge in [0.2, 0.25) is 0 Å². The van der Waals surface area contributed by atoms with Gasteiger partial charge >= 0.3 is 0 Å². The molecule has 0 spiro atoms. The minimum atomic E-state index is -0.258. The summed E-state index contributed by atoms with van der Waals surface area (Å²) in [5.41, 5.74) is 0.508. The zero-order chi connectivity index (χ0) is 12.9. The Balaban J connectivity index is 2.84. The number of aryl methyl sites for hydroxylation is 1. The van der Waals surface area contributed by atoms with Crippen LogP contribution in [0.4, 0.5) is 0 Å². The summed E-state index contributed by atoms with van der Waals surface area (Å²) in [5, 5.41) is 8.42. The Morgan fingerprint density at radius 1 is 1.41 bits per heavy atom. The Hall–Kier alpha value is -0.0100. The molecule has 1 rings (SSSR count). The lowest BCUT2D eigenvalue weighted by molar-refractivity contribution is 0.0918. The van der Waals surface area contributed by atoms with Gasteiger partial charge in [0, 0.05) is 10.7 Å². The van der Waals surface area contributed by atoms with Crippen molar-refractivity contribution >= 4 is 49.3 Å². The highest BCUT2D eigenvalue weighted by molar-refractivity contribution is 9.09. The van der Waals surface area contributed by atoms with E-state index in [0.717, 1.165) is 30.1 Å². The average Bonchev–Trinajstić information content (AvgIpc) is 2.84. The van der Waals surface area contributed by atoms with Crippen LogP contribution in [0.25, 0.3) is 0 Å². The van der Waals surface area contributed by atoms with E-state index in [-0.39, 0.29) is 11.4 Å². The Labute approximate surface area is 122 Å². The van der Waals surface area contributed by atoms with E-state index in [4.69, 9.17) is 0 Å². The molecular formula is C10H15Br2N3OS. The summed E-state index contributed by atoms with van der Waals surface area (Å²) in [7, 11) is 0. The van der Waals surface area contributed by atoms with E-state index in [0.29, 0.717) is 15.5 Å². The van der Waals surface area contributed by atoms with Crippen LogP contribution in [0.15, 0.2) is 0 Å². The van der Waals surface area contributed by atoms with Gasteiger partial charge in [-0.3, -0.25) is 4.79 Å². The van der Waals surface area contributed by atoms with E-state index in [2.05, 4.69) is 53.7 Å². The Kier molecular flexibility index (Phi) is 6.02. The lowest BCUT2D eigenvalue weighted by Crippen LogP contribution is -2.51. The Morgan fingerprint density at radius 3 is 2.53 bits per heavy atom. The number of aromatic nitrogens is 2. The highest BCUT2D eigenvalue weighted by atomic mass is 79.9. The number of rotatable bonds is 6. The SMILES string of the molecule is CCc1nnsc1C(=O)NC(CC)(CBr)CBr. The van der Waals surface area contributed by atoms with Gasteiger partial charge in [-0.15, -0.1) is 5.10 Å². The molecule has 7 heteroatoms. The molecule has 1 heterocycles. The lowest BCUT2D eigenvalue weighted by Gasteiger charge is -2.29. The Morgan fingerprint density at radius 2 is 2.06 bits per heavy atom. The molecule has 0 aliphatic rings. The molecule has 0 atom stereocenters. The summed E-state index contributed by atoms with van der Waals surface area (Å²) in [6.07, 6.45) is 1.57. The van der Waals surface area contributed by atoms with E-state index in [1.54, 1.807) is 0 Å². The first-order valence-corrected chi connectivity index (χ1v) is 8.39. The molecule has 1 amide bonds. The predicted molar refractivity (Wildman–Crippen MR) is 77.4 cm³/mol. The highest BCUT2D eigenvalue weighted by Gasteiger charge is 2.29. The molecule has 0 aliphatic heterocycles.